The van der Waals surface area contributed by atoms with Crippen LogP contribution in [0.4, 0.5) is 5.69 Å². The molecule has 0 aliphatic carbocycles. The number of amides is 2. The van der Waals surface area contributed by atoms with Crippen LogP contribution in [0.5, 0.6) is 5.75 Å². The molecule has 41 heavy (non-hydrogen) atoms. The maximum atomic E-state index is 14.2. The molecule has 8 nitrogen and oxygen atoms in total. The van der Waals surface area contributed by atoms with Gasteiger partial charge in [0.05, 0.1) is 18.6 Å². The average Bonchev–Trinajstić information content (AvgIpc) is 2.94. The lowest BCUT2D eigenvalue weighted by Crippen LogP contribution is -2.54. The number of hydrogen-bond donors (Lipinski definition) is 1. The third-order valence-electron chi connectivity index (χ3n) is 6.63. The molecular formula is C31H38ClN3O5S. The van der Waals surface area contributed by atoms with Gasteiger partial charge < -0.3 is 15.0 Å². The van der Waals surface area contributed by atoms with Crippen LogP contribution in [-0.2, 0) is 32.6 Å². The largest absolute Gasteiger partial charge is 0.492 e. The van der Waals surface area contributed by atoms with Crippen molar-refractivity contribution in [1.29, 1.82) is 0 Å². The number of sulfonamides is 1. The highest BCUT2D eigenvalue weighted by molar-refractivity contribution is 7.92. The molecule has 0 radical (unpaired) electrons. The predicted molar refractivity (Wildman–Crippen MR) is 164 cm³/mol. The van der Waals surface area contributed by atoms with Crippen LogP contribution in [0, 0.1) is 0 Å². The molecule has 10 heteroatoms. The van der Waals surface area contributed by atoms with Gasteiger partial charge in [0.25, 0.3) is 0 Å². The molecular weight excluding hydrogens is 562 g/mol. The van der Waals surface area contributed by atoms with Crippen LogP contribution in [-0.4, -0.2) is 56.6 Å². The Morgan fingerprint density at radius 3 is 2.24 bits per heavy atom. The molecule has 220 valence electrons. The van der Waals surface area contributed by atoms with Crippen molar-refractivity contribution in [2.45, 2.75) is 52.2 Å². The predicted octanol–water partition coefficient (Wildman–Crippen LogP) is 5.06. The van der Waals surface area contributed by atoms with Gasteiger partial charge in [0.15, 0.2) is 0 Å². The van der Waals surface area contributed by atoms with E-state index in [4.69, 9.17) is 16.3 Å². The number of anilines is 1. The van der Waals surface area contributed by atoms with E-state index in [2.05, 4.69) is 5.32 Å². The number of hydrogen-bond acceptors (Lipinski definition) is 5. The maximum absolute atomic E-state index is 14.2. The van der Waals surface area contributed by atoms with E-state index < -0.39 is 28.5 Å². The summed E-state index contributed by atoms with van der Waals surface area (Å²) in [5.74, 6) is -0.522. The van der Waals surface area contributed by atoms with Gasteiger partial charge in [-0.15, -0.1) is 0 Å². The van der Waals surface area contributed by atoms with E-state index in [1.54, 1.807) is 49.4 Å². The van der Waals surface area contributed by atoms with Gasteiger partial charge in [-0.25, -0.2) is 8.42 Å². The van der Waals surface area contributed by atoms with E-state index in [-0.39, 0.29) is 30.6 Å². The number of halogens is 1. The summed E-state index contributed by atoms with van der Waals surface area (Å²) in [6, 6.07) is 22.1. The molecule has 3 aromatic rings. The van der Waals surface area contributed by atoms with Gasteiger partial charge in [-0.05, 0) is 55.7 Å². The smallest absolute Gasteiger partial charge is 0.244 e. The minimum Gasteiger partial charge on any atom is -0.492 e. The van der Waals surface area contributed by atoms with Gasteiger partial charge in [-0.1, -0.05) is 73.1 Å². The SMILES string of the molecule is CCOc1ccccc1N(CC(=O)N(Cc1cccc(Cl)c1)[C@@H](Cc1ccccc1)C(=O)N[C@@H](C)CC)S(C)(=O)=O. The summed E-state index contributed by atoms with van der Waals surface area (Å²) < 4.78 is 32.8. The quantitative estimate of drug-likeness (QED) is 0.279. The highest BCUT2D eigenvalue weighted by atomic mass is 35.5. The molecule has 0 saturated heterocycles. The first-order chi connectivity index (χ1) is 19.5. The minimum absolute atomic E-state index is 0.0511. The van der Waals surface area contributed by atoms with Gasteiger partial charge in [0.2, 0.25) is 21.8 Å². The number of nitrogens with one attached hydrogen (secondary N) is 1. The fourth-order valence-corrected chi connectivity index (χ4v) is 5.43. The molecule has 0 unspecified atom stereocenters. The number of carbonyl (C=O) groups is 2. The third kappa shape index (κ3) is 9.23. The molecule has 0 saturated carbocycles. The topological polar surface area (TPSA) is 96.0 Å². The van der Waals surface area contributed by atoms with Gasteiger partial charge in [-0.2, -0.15) is 0 Å². The summed E-state index contributed by atoms with van der Waals surface area (Å²) >= 11 is 6.25. The molecule has 1 N–H and O–H groups in total. The lowest BCUT2D eigenvalue weighted by Gasteiger charge is -2.34. The minimum atomic E-state index is -3.91. The first-order valence-electron chi connectivity index (χ1n) is 13.6. The first kappa shape index (κ1) is 32.0. The molecule has 0 aliphatic rings. The van der Waals surface area contributed by atoms with Crippen LogP contribution in [0.1, 0.15) is 38.3 Å². The fourth-order valence-electron chi connectivity index (χ4n) is 4.36. The molecule has 3 rings (SSSR count). The van der Waals surface area contributed by atoms with Gasteiger partial charge in [0.1, 0.15) is 18.3 Å². The zero-order valence-corrected chi connectivity index (χ0v) is 25.5. The Kier molecular flexibility index (Phi) is 11.6. The fraction of sp³-hybridized carbons (Fsp3) is 0.355. The normalized spacial score (nSPS) is 12.7. The van der Waals surface area contributed by atoms with Crippen LogP contribution >= 0.6 is 11.6 Å². The Labute approximate surface area is 248 Å². The Bertz CT molecular complexity index is 1420. The Hall–Kier alpha value is -3.56. The van der Waals surface area contributed by atoms with Crippen molar-refractivity contribution in [1.82, 2.24) is 10.2 Å². The van der Waals surface area contributed by atoms with E-state index >= 15 is 0 Å². The van der Waals surface area contributed by atoms with Crippen LogP contribution in [0.15, 0.2) is 78.9 Å². The van der Waals surface area contributed by atoms with E-state index in [1.807, 2.05) is 50.2 Å². The molecule has 0 heterocycles. The molecule has 0 spiro atoms. The monoisotopic (exact) mass is 599 g/mol. The Morgan fingerprint density at radius 2 is 1.61 bits per heavy atom. The molecule has 0 fully saturated rings. The summed E-state index contributed by atoms with van der Waals surface area (Å²) in [4.78, 5) is 29.4. The van der Waals surface area contributed by atoms with Crippen molar-refractivity contribution in [3.63, 3.8) is 0 Å². The number of rotatable bonds is 14. The average molecular weight is 600 g/mol. The highest BCUT2D eigenvalue weighted by Gasteiger charge is 2.34. The highest BCUT2D eigenvalue weighted by Crippen LogP contribution is 2.30. The number of carbonyl (C=O) groups excluding carboxylic acids is 2. The summed E-state index contributed by atoms with van der Waals surface area (Å²) in [7, 11) is -3.91. The number of benzene rings is 3. The molecule has 0 bridgehead atoms. The van der Waals surface area contributed by atoms with Crippen molar-refractivity contribution in [2.75, 3.05) is 23.7 Å². The lowest BCUT2D eigenvalue weighted by molar-refractivity contribution is -0.140. The van der Waals surface area contributed by atoms with Crippen LogP contribution in [0.3, 0.4) is 0 Å². The molecule has 2 amide bonds. The standard InChI is InChI=1S/C31H38ClN3O5S/c1-5-23(3)33-31(37)28(20-24-13-8-7-9-14-24)34(21-25-15-12-16-26(32)19-25)30(36)22-35(41(4,38)39)27-17-10-11-18-29(27)40-6-2/h7-19,23,28H,5-6,20-22H2,1-4H3,(H,33,37)/t23-,28-/m0/s1. The van der Waals surface area contributed by atoms with Crippen molar-refractivity contribution < 1.29 is 22.7 Å². The second kappa shape index (κ2) is 14.9. The third-order valence-corrected chi connectivity index (χ3v) is 7.99. The summed E-state index contributed by atoms with van der Waals surface area (Å²) in [5.41, 5.74) is 1.82. The van der Waals surface area contributed by atoms with Crippen LogP contribution < -0.4 is 14.4 Å². The van der Waals surface area contributed by atoms with E-state index in [9.17, 15) is 18.0 Å². The number of ether oxygens (including phenoxy) is 1. The van der Waals surface area contributed by atoms with Crippen LogP contribution in [0.2, 0.25) is 5.02 Å². The lowest BCUT2D eigenvalue weighted by atomic mass is 10.0. The number of para-hydroxylation sites is 2. The van der Waals surface area contributed by atoms with E-state index in [1.165, 1.54) is 4.90 Å². The van der Waals surface area contributed by atoms with Gasteiger partial charge in [0, 0.05) is 24.0 Å². The second-order valence-electron chi connectivity index (χ2n) is 9.85. The molecule has 3 aromatic carbocycles. The van der Waals surface area contributed by atoms with E-state index in [0.29, 0.717) is 29.4 Å². The van der Waals surface area contributed by atoms with E-state index in [0.717, 1.165) is 16.1 Å². The van der Waals surface area contributed by atoms with Crippen LogP contribution in [0.25, 0.3) is 0 Å². The Balaban J connectivity index is 2.09. The summed E-state index contributed by atoms with van der Waals surface area (Å²) in [6.07, 6.45) is 1.99. The number of nitrogens with zero attached hydrogens (tertiary/aromatic N) is 2. The summed E-state index contributed by atoms with van der Waals surface area (Å²) in [5, 5.41) is 3.50. The zero-order valence-electron chi connectivity index (χ0n) is 23.9. The van der Waals surface area contributed by atoms with Gasteiger partial charge >= 0.3 is 0 Å². The van der Waals surface area contributed by atoms with Crippen molar-refractivity contribution in [3.05, 3.63) is 95.0 Å². The second-order valence-corrected chi connectivity index (χ2v) is 12.2. The molecule has 0 aromatic heterocycles. The summed E-state index contributed by atoms with van der Waals surface area (Å²) in [6.45, 7) is 5.51. The molecule has 0 aliphatic heterocycles. The Morgan fingerprint density at radius 1 is 0.951 bits per heavy atom. The first-order valence-corrected chi connectivity index (χ1v) is 15.8. The van der Waals surface area contributed by atoms with Gasteiger partial charge in [-0.3, -0.25) is 13.9 Å². The molecule has 2 atom stereocenters. The zero-order chi connectivity index (χ0) is 30.0. The van der Waals surface area contributed by atoms with Crippen molar-refractivity contribution in [2.24, 2.45) is 0 Å². The maximum Gasteiger partial charge on any atom is 0.244 e. The van der Waals surface area contributed by atoms with Crippen molar-refractivity contribution >= 4 is 39.1 Å². The van der Waals surface area contributed by atoms with Crippen molar-refractivity contribution in [3.8, 4) is 5.75 Å².